The molecule has 0 radical (unpaired) electrons. The molecule has 30 heavy (non-hydrogen) atoms. The summed E-state index contributed by atoms with van der Waals surface area (Å²) < 4.78 is 11.5. The van der Waals surface area contributed by atoms with Crippen LogP contribution in [0.4, 0.5) is 0 Å². The maximum atomic E-state index is 6.27. The van der Waals surface area contributed by atoms with Crippen molar-refractivity contribution >= 4 is 40.7 Å². The molecule has 3 heterocycles. The standard InChI is InChI=1S/C22H22ClN3O2S2/c1-27-14-4-13-26-21(20(25-22(26)29)17-5-2-3-12-24-17)18-10-11-19(28-18)30-16-8-6-15(23)7-9-16/h2-3,5-12,20-21H,4,13-14H2,1H3,(H,25,29)/t20-,21+/m0/s1. The summed E-state index contributed by atoms with van der Waals surface area (Å²) in [5.74, 6) is 0.854. The zero-order chi connectivity index (χ0) is 20.9. The van der Waals surface area contributed by atoms with E-state index in [4.69, 9.17) is 33.0 Å². The van der Waals surface area contributed by atoms with E-state index >= 15 is 0 Å². The molecule has 1 aliphatic heterocycles. The molecule has 1 fully saturated rings. The van der Waals surface area contributed by atoms with Crippen LogP contribution in [0.5, 0.6) is 0 Å². The van der Waals surface area contributed by atoms with E-state index in [9.17, 15) is 0 Å². The minimum atomic E-state index is -0.0826. The molecule has 156 valence electrons. The Bertz CT molecular complexity index is 982. The van der Waals surface area contributed by atoms with Crippen LogP contribution < -0.4 is 5.32 Å². The molecule has 1 saturated heterocycles. The summed E-state index contributed by atoms with van der Waals surface area (Å²) in [6, 6.07) is 17.5. The highest BCUT2D eigenvalue weighted by molar-refractivity contribution is 7.99. The van der Waals surface area contributed by atoms with Crippen molar-refractivity contribution in [3.8, 4) is 0 Å². The average molecular weight is 460 g/mol. The molecule has 0 spiro atoms. The smallest absolute Gasteiger partial charge is 0.170 e. The van der Waals surface area contributed by atoms with E-state index in [1.807, 2.05) is 54.6 Å². The SMILES string of the molecule is COCCCN1C(=S)N[C@@H](c2ccccn2)[C@H]1c1ccc(Sc2ccc(Cl)cc2)o1. The highest BCUT2D eigenvalue weighted by Crippen LogP contribution is 2.41. The molecule has 2 atom stereocenters. The number of aromatic nitrogens is 1. The number of nitrogens with one attached hydrogen (secondary N) is 1. The molecule has 1 N–H and O–H groups in total. The Kier molecular flexibility index (Phi) is 6.94. The molecule has 5 nitrogen and oxygen atoms in total. The number of nitrogens with zero attached hydrogens (tertiary/aromatic N) is 2. The van der Waals surface area contributed by atoms with Crippen LogP contribution in [0.3, 0.4) is 0 Å². The number of methoxy groups -OCH3 is 1. The third-order valence-corrected chi connectivity index (χ3v) is 6.40. The molecular weight excluding hydrogens is 438 g/mol. The molecule has 8 heteroatoms. The first-order valence-electron chi connectivity index (χ1n) is 9.66. The van der Waals surface area contributed by atoms with Gasteiger partial charge in [-0.25, -0.2) is 0 Å². The van der Waals surface area contributed by atoms with Gasteiger partial charge in [-0.1, -0.05) is 29.4 Å². The lowest BCUT2D eigenvalue weighted by Crippen LogP contribution is -2.31. The van der Waals surface area contributed by atoms with Gasteiger partial charge in [0.2, 0.25) is 0 Å². The number of furan rings is 1. The summed E-state index contributed by atoms with van der Waals surface area (Å²) in [5, 5.41) is 5.68. The number of benzene rings is 1. The van der Waals surface area contributed by atoms with E-state index in [0.29, 0.717) is 11.7 Å². The first kappa shape index (κ1) is 21.2. The number of thiocarbonyl (C=S) groups is 1. The fraction of sp³-hybridized carbons (Fsp3) is 0.273. The van der Waals surface area contributed by atoms with Crippen LogP contribution in [0.15, 0.2) is 75.2 Å². The monoisotopic (exact) mass is 459 g/mol. The van der Waals surface area contributed by atoms with E-state index in [2.05, 4.69) is 15.2 Å². The van der Waals surface area contributed by atoms with Gasteiger partial charge >= 0.3 is 0 Å². The molecule has 3 aromatic rings. The van der Waals surface area contributed by atoms with Crippen LogP contribution in [-0.4, -0.2) is 35.3 Å². The Balaban J connectivity index is 1.60. The zero-order valence-corrected chi connectivity index (χ0v) is 18.8. The van der Waals surface area contributed by atoms with Crippen LogP contribution >= 0.6 is 35.6 Å². The van der Waals surface area contributed by atoms with Gasteiger partial charge in [-0.2, -0.15) is 0 Å². The number of rotatable bonds is 8. The summed E-state index contributed by atoms with van der Waals surface area (Å²) in [5.41, 5.74) is 0.933. The topological polar surface area (TPSA) is 50.5 Å². The predicted octanol–water partition coefficient (Wildman–Crippen LogP) is 5.49. The number of hydrogen-bond donors (Lipinski definition) is 1. The first-order valence-corrected chi connectivity index (χ1v) is 11.3. The second-order valence-corrected chi connectivity index (χ2v) is 8.78. The quantitative estimate of drug-likeness (QED) is 0.353. The fourth-order valence-electron chi connectivity index (χ4n) is 3.50. The summed E-state index contributed by atoms with van der Waals surface area (Å²) in [6.45, 7) is 1.45. The second-order valence-electron chi connectivity index (χ2n) is 6.88. The maximum absolute atomic E-state index is 6.27. The first-order chi connectivity index (χ1) is 14.7. The van der Waals surface area contributed by atoms with Crippen LogP contribution in [0.25, 0.3) is 0 Å². The lowest BCUT2D eigenvalue weighted by molar-refractivity contribution is 0.176. The van der Waals surface area contributed by atoms with Gasteiger partial charge in [0.1, 0.15) is 11.8 Å². The van der Waals surface area contributed by atoms with E-state index in [0.717, 1.165) is 39.4 Å². The molecule has 0 amide bonds. The van der Waals surface area contributed by atoms with Gasteiger partial charge in [-0.15, -0.1) is 0 Å². The van der Waals surface area contributed by atoms with Gasteiger partial charge in [0.15, 0.2) is 10.2 Å². The minimum absolute atomic E-state index is 0.0798. The molecule has 0 aliphatic carbocycles. The largest absolute Gasteiger partial charge is 0.452 e. The summed E-state index contributed by atoms with van der Waals surface area (Å²) >= 11 is 13.2. The Morgan fingerprint density at radius 3 is 2.77 bits per heavy atom. The van der Waals surface area contributed by atoms with E-state index in [1.165, 1.54) is 0 Å². The number of halogens is 1. The Morgan fingerprint density at radius 2 is 2.03 bits per heavy atom. The van der Waals surface area contributed by atoms with Gasteiger partial charge in [0.25, 0.3) is 0 Å². The third kappa shape index (κ3) is 4.81. The van der Waals surface area contributed by atoms with E-state index < -0.39 is 0 Å². The van der Waals surface area contributed by atoms with E-state index in [-0.39, 0.29) is 12.1 Å². The number of hydrogen-bond acceptors (Lipinski definition) is 5. The Morgan fingerprint density at radius 1 is 1.20 bits per heavy atom. The van der Waals surface area contributed by atoms with Crippen LogP contribution in [0, 0.1) is 0 Å². The van der Waals surface area contributed by atoms with Crippen molar-refractivity contribution in [3.05, 3.63) is 77.3 Å². The number of pyridine rings is 1. The fourth-order valence-corrected chi connectivity index (χ4v) is 4.74. The Labute approximate surface area is 190 Å². The molecule has 0 unspecified atom stereocenters. The van der Waals surface area contributed by atoms with Crippen molar-refractivity contribution in [2.75, 3.05) is 20.3 Å². The van der Waals surface area contributed by atoms with Crippen LogP contribution in [0.1, 0.15) is 30.0 Å². The number of ether oxygens (including phenoxy) is 1. The average Bonchev–Trinajstić information content (AvgIpc) is 3.35. The molecule has 4 rings (SSSR count). The van der Waals surface area contributed by atoms with Crippen LogP contribution in [0.2, 0.25) is 5.02 Å². The maximum Gasteiger partial charge on any atom is 0.170 e. The lowest BCUT2D eigenvalue weighted by atomic mass is 10.0. The molecule has 2 aromatic heterocycles. The lowest BCUT2D eigenvalue weighted by Gasteiger charge is -2.25. The molecule has 1 aromatic carbocycles. The van der Waals surface area contributed by atoms with Crippen molar-refractivity contribution in [1.29, 1.82) is 0 Å². The summed E-state index contributed by atoms with van der Waals surface area (Å²) in [7, 11) is 1.71. The van der Waals surface area contributed by atoms with Crippen LogP contribution in [-0.2, 0) is 4.74 Å². The Hall–Kier alpha value is -2.06. The van der Waals surface area contributed by atoms with E-state index in [1.54, 1.807) is 25.1 Å². The summed E-state index contributed by atoms with van der Waals surface area (Å²) in [4.78, 5) is 7.79. The molecule has 0 saturated carbocycles. The molecular formula is C22H22ClN3O2S2. The van der Waals surface area contributed by atoms with Gasteiger partial charge in [-0.05, 0) is 67.2 Å². The van der Waals surface area contributed by atoms with Crippen molar-refractivity contribution in [1.82, 2.24) is 15.2 Å². The highest BCUT2D eigenvalue weighted by atomic mass is 35.5. The highest BCUT2D eigenvalue weighted by Gasteiger charge is 2.41. The van der Waals surface area contributed by atoms with Crippen molar-refractivity contribution < 1.29 is 9.15 Å². The molecule has 0 bridgehead atoms. The summed E-state index contributed by atoms with van der Waals surface area (Å²) in [6.07, 6.45) is 2.67. The predicted molar refractivity (Wildman–Crippen MR) is 123 cm³/mol. The third-order valence-electron chi connectivity index (χ3n) is 4.87. The van der Waals surface area contributed by atoms with Gasteiger partial charge in [0.05, 0.1) is 11.7 Å². The second kappa shape index (κ2) is 9.83. The zero-order valence-electron chi connectivity index (χ0n) is 16.5. The van der Waals surface area contributed by atoms with Crippen molar-refractivity contribution in [3.63, 3.8) is 0 Å². The van der Waals surface area contributed by atoms with Crippen molar-refractivity contribution in [2.45, 2.75) is 28.5 Å². The molecule has 1 aliphatic rings. The van der Waals surface area contributed by atoms with Gasteiger partial charge in [-0.3, -0.25) is 4.98 Å². The normalized spacial score (nSPS) is 18.6. The van der Waals surface area contributed by atoms with Crippen molar-refractivity contribution in [2.24, 2.45) is 0 Å². The van der Waals surface area contributed by atoms with Gasteiger partial charge in [0, 0.05) is 36.4 Å². The van der Waals surface area contributed by atoms with Gasteiger partial charge < -0.3 is 19.4 Å². The minimum Gasteiger partial charge on any atom is -0.452 e.